The first-order chi connectivity index (χ1) is 45.2. The predicted octanol–water partition coefficient (Wildman–Crippen LogP) is -4.74. The standard InChI is InChI=1S/C61H81ClN18O15/c1-32(2)22-40-52(86)73-39(10-6-19-68-61(63)64)59(93)80-21-7-11-47(80)58(92)79-46(60(94)95)30-69-48(82)27-45-57(91)72-38(51(85)75-42(54(88)74-40)24-35-8-4-17-65-28-35)16-20-67-50(84)31-70-49(83)26-44(71-33(3)81)56(90)76-41(23-34-12-14-37(62)15-13-34)53(87)77-43(55(89)78-45)25-36-9-5-18-66-29-36/h4-5,8-9,12-15,17-18,28-29,32,38-47H,6-7,10-11,16,19-27,30-31H2,1-3H3,(H,67,84)(H,69,82)(H,70,83)(H,71,81)(H,72,91)(H,73,86)(H,74,88)(H,75,85)(H,76,90)(H,77,87)(H,78,89)(H,79,92)(H,94,95)(H4,63,64,68)/t38-,39-,40-,41+,42+,43+,44-,45-,46-,47-/m0/s1. The lowest BCUT2D eigenvalue weighted by atomic mass is 10.00. The molecule has 95 heavy (non-hydrogen) atoms. The maximum atomic E-state index is 15.0. The molecule has 3 aromatic rings. The van der Waals surface area contributed by atoms with Gasteiger partial charge in [-0.15, -0.1) is 0 Å². The number of amides is 13. The van der Waals surface area contributed by atoms with E-state index < -0.39 is 182 Å². The van der Waals surface area contributed by atoms with Crippen molar-refractivity contribution in [2.45, 2.75) is 152 Å². The van der Waals surface area contributed by atoms with E-state index in [1.165, 1.54) is 47.9 Å². The summed E-state index contributed by atoms with van der Waals surface area (Å²) in [7, 11) is 0. The van der Waals surface area contributed by atoms with Crippen LogP contribution >= 0.6 is 11.6 Å². The van der Waals surface area contributed by atoms with Crippen LogP contribution in [-0.4, -0.2) is 202 Å². The molecule has 512 valence electrons. The zero-order valence-corrected chi connectivity index (χ0v) is 53.3. The maximum Gasteiger partial charge on any atom is 0.328 e. The van der Waals surface area contributed by atoms with Crippen LogP contribution in [0, 0.1) is 5.92 Å². The van der Waals surface area contributed by atoms with E-state index in [0.717, 1.165) is 6.92 Å². The van der Waals surface area contributed by atoms with Gasteiger partial charge in [0.15, 0.2) is 5.96 Å². The number of nitrogens with one attached hydrogen (secondary N) is 12. The molecule has 3 aliphatic rings. The molecule has 3 aliphatic heterocycles. The van der Waals surface area contributed by atoms with Gasteiger partial charge in [-0.05, 0) is 85.4 Å². The van der Waals surface area contributed by atoms with Gasteiger partial charge < -0.3 is 85.3 Å². The third-order valence-electron chi connectivity index (χ3n) is 15.4. The van der Waals surface area contributed by atoms with Crippen molar-refractivity contribution >= 4 is 100 Å². The molecular weight excluding hydrogens is 1260 g/mol. The normalized spacial score (nSPS) is 24.7. The minimum Gasteiger partial charge on any atom is -0.480 e. The number of carbonyl (C=O) groups is 14. The summed E-state index contributed by atoms with van der Waals surface area (Å²) in [5.74, 6) is -15.0. The second-order valence-electron chi connectivity index (χ2n) is 23.4. The van der Waals surface area contributed by atoms with Crippen molar-refractivity contribution in [3.8, 4) is 0 Å². The summed E-state index contributed by atoms with van der Waals surface area (Å²) < 4.78 is 0. The number of guanidine groups is 1. The third-order valence-corrected chi connectivity index (χ3v) is 15.6. The molecular formula is C61H81ClN18O15. The first-order valence-corrected chi connectivity index (χ1v) is 31.2. The Hall–Kier alpha value is -10.3. The molecule has 6 rings (SSSR count). The summed E-state index contributed by atoms with van der Waals surface area (Å²) in [5.41, 5.74) is 12.3. The van der Waals surface area contributed by atoms with E-state index in [1.54, 1.807) is 44.2 Å². The molecule has 5 heterocycles. The van der Waals surface area contributed by atoms with Gasteiger partial charge in [-0.1, -0.05) is 49.7 Å². The van der Waals surface area contributed by atoms with Gasteiger partial charge in [0.05, 0.1) is 19.4 Å². The molecule has 1 aromatic carbocycles. The first kappa shape index (κ1) is 73.7. The highest BCUT2D eigenvalue weighted by atomic mass is 35.5. The summed E-state index contributed by atoms with van der Waals surface area (Å²) >= 11 is 6.17. The van der Waals surface area contributed by atoms with Gasteiger partial charge in [-0.3, -0.25) is 77.3 Å². The molecule has 2 aromatic heterocycles. The smallest absolute Gasteiger partial charge is 0.328 e. The Morgan fingerprint density at radius 1 is 0.632 bits per heavy atom. The van der Waals surface area contributed by atoms with Crippen LogP contribution in [0.4, 0.5) is 0 Å². The fraction of sp³-hybridized carbons (Fsp3) is 0.492. The number of pyridine rings is 2. The second-order valence-corrected chi connectivity index (χ2v) is 23.9. The number of benzene rings is 1. The van der Waals surface area contributed by atoms with Crippen molar-refractivity contribution in [3.05, 3.63) is 95.0 Å². The van der Waals surface area contributed by atoms with Crippen LogP contribution in [0.2, 0.25) is 5.02 Å². The molecule has 0 radical (unpaired) electrons. The van der Waals surface area contributed by atoms with Gasteiger partial charge in [0.2, 0.25) is 76.8 Å². The lowest BCUT2D eigenvalue weighted by Crippen LogP contribution is -2.61. The lowest BCUT2D eigenvalue weighted by Gasteiger charge is -2.31. The molecule has 0 unspecified atom stereocenters. The van der Waals surface area contributed by atoms with E-state index in [0.29, 0.717) is 21.7 Å². The molecule has 17 N–H and O–H groups in total. The largest absolute Gasteiger partial charge is 0.480 e. The quantitative estimate of drug-likeness (QED) is 0.0409. The molecule has 2 bridgehead atoms. The summed E-state index contributed by atoms with van der Waals surface area (Å²) in [6.45, 7) is 2.52. The number of carbonyl (C=O) groups excluding carboxylic acids is 13. The number of nitrogens with two attached hydrogens (primary N) is 2. The molecule has 13 amide bonds. The minimum absolute atomic E-state index is 0.0119. The number of carboxylic acid groups (broad SMARTS) is 1. The molecule has 0 aliphatic carbocycles. The lowest BCUT2D eigenvalue weighted by molar-refractivity contribution is -0.145. The molecule has 3 saturated heterocycles. The third kappa shape index (κ3) is 23.9. The van der Waals surface area contributed by atoms with E-state index in [2.05, 4.69) is 78.8 Å². The van der Waals surface area contributed by atoms with Gasteiger partial charge in [0.25, 0.3) is 0 Å². The highest BCUT2D eigenvalue weighted by Crippen LogP contribution is 2.21. The zero-order chi connectivity index (χ0) is 69.3. The minimum atomic E-state index is -2.05. The highest BCUT2D eigenvalue weighted by Gasteiger charge is 2.41. The van der Waals surface area contributed by atoms with E-state index in [1.807, 2.05) is 0 Å². The maximum absolute atomic E-state index is 15.0. The first-order valence-electron chi connectivity index (χ1n) is 30.8. The van der Waals surface area contributed by atoms with Crippen LogP contribution in [-0.2, 0) is 86.4 Å². The molecule has 0 spiro atoms. The summed E-state index contributed by atoms with van der Waals surface area (Å²) in [6.07, 6.45) is 2.65. The second kappa shape index (κ2) is 36.2. The number of aromatic nitrogens is 2. The summed E-state index contributed by atoms with van der Waals surface area (Å²) in [4.78, 5) is 212. The van der Waals surface area contributed by atoms with E-state index >= 15 is 9.59 Å². The average Bonchev–Trinajstić information content (AvgIpc) is 1.80. The van der Waals surface area contributed by atoms with Crippen molar-refractivity contribution in [3.63, 3.8) is 0 Å². The summed E-state index contributed by atoms with van der Waals surface area (Å²) in [5, 5.41) is 40.9. The van der Waals surface area contributed by atoms with Crippen LogP contribution < -0.4 is 75.3 Å². The molecule has 10 atom stereocenters. The molecule has 3 fully saturated rings. The van der Waals surface area contributed by atoms with Crippen LogP contribution in [0.3, 0.4) is 0 Å². The van der Waals surface area contributed by atoms with Crippen LogP contribution in [0.1, 0.15) is 88.8 Å². The molecule has 0 saturated carbocycles. The van der Waals surface area contributed by atoms with E-state index in [9.17, 15) is 62.6 Å². The van der Waals surface area contributed by atoms with Gasteiger partial charge >= 0.3 is 5.97 Å². The van der Waals surface area contributed by atoms with Crippen molar-refractivity contribution in [2.24, 2.45) is 22.4 Å². The Morgan fingerprint density at radius 3 is 1.77 bits per heavy atom. The Bertz CT molecular complexity index is 3310. The number of halogens is 1. The predicted molar refractivity (Wildman–Crippen MR) is 339 cm³/mol. The number of fused-ring (bicyclic) bond motifs is 4. The van der Waals surface area contributed by atoms with Crippen molar-refractivity contribution in [1.82, 2.24) is 78.7 Å². The van der Waals surface area contributed by atoms with Gasteiger partial charge in [-0.25, -0.2) is 4.79 Å². The Morgan fingerprint density at radius 2 is 1.18 bits per heavy atom. The Kier molecular flexibility index (Phi) is 28.1. The monoisotopic (exact) mass is 1340 g/mol. The fourth-order valence-corrected chi connectivity index (χ4v) is 10.7. The van der Waals surface area contributed by atoms with Crippen LogP contribution in [0.5, 0.6) is 0 Å². The number of carboxylic acids is 1. The van der Waals surface area contributed by atoms with E-state index in [-0.39, 0.29) is 76.3 Å². The van der Waals surface area contributed by atoms with Crippen LogP contribution in [0.25, 0.3) is 0 Å². The number of hydrogen-bond donors (Lipinski definition) is 15. The van der Waals surface area contributed by atoms with Crippen LogP contribution in [0.15, 0.2) is 78.3 Å². The molecule has 33 nitrogen and oxygen atoms in total. The van der Waals surface area contributed by atoms with Crippen molar-refractivity contribution in [1.29, 1.82) is 0 Å². The van der Waals surface area contributed by atoms with E-state index in [4.69, 9.17) is 23.1 Å². The molecule has 34 heteroatoms. The SMILES string of the molecule is CC(=O)N[C@H]1CC(=O)NCC(=O)NCC[C@@H]2NC(=O)[C@H](CC(=O)NC[C@@H](C(=O)O)NC(=O)[C@@H]3CCCN3C(=O)[C@H](CCCN=C(N)N)NC(=O)[C@H](CC(C)C)NC(=O)[C@@H](Cc3cccnc3)NC2=O)NC(=O)[C@@H](Cc2cccnc2)NC(=O)[C@@H](Cc2ccc(Cl)cc2)NC1=O. The topological polar surface area (TPSA) is 497 Å². The Balaban J connectivity index is 1.47. The number of aliphatic carboxylic acids is 1. The Labute approximate surface area is 551 Å². The van der Waals surface area contributed by atoms with Gasteiger partial charge in [0, 0.05) is 82.2 Å². The number of rotatable bonds is 14. The number of nitrogens with zero attached hydrogens (tertiary/aromatic N) is 4. The van der Waals surface area contributed by atoms with Gasteiger partial charge in [0.1, 0.15) is 60.4 Å². The number of hydrogen-bond acceptors (Lipinski definition) is 17. The van der Waals surface area contributed by atoms with Crippen molar-refractivity contribution in [2.75, 3.05) is 32.7 Å². The summed E-state index contributed by atoms with van der Waals surface area (Å²) in [6, 6.07) is -4.08. The van der Waals surface area contributed by atoms with Crippen molar-refractivity contribution < 1.29 is 72.2 Å². The average molecular weight is 1340 g/mol. The zero-order valence-electron chi connectivity index (χ0n) is 52.6. The fourth-order valence-electron chi connectivity index (χ4n) is 10.6. The highest BCUT2D eigenvalue weighted by molar-refractivity contribution is 6.30. The number of aliphatic imine (C=N–C) groups is 1. The van der Waals surface area contributed by atoms with Gasteiger partial charge in [-0.2, -0.15) is 0 Å².